The number of sulfonamides is 1. The van der Waals surface area contributed by atoms with E-state index in [1.165, 1.54) is 11.1 Å². The molecule has 1 aliphatic carbocycles. The van der Waals surface area contributed by atoms with Gasteiger partial charge in [-0.15, -0.1) is 0 Å². The number of nitrogens with zero attached hydrogens (tertiary/aromatic N) is 2. The van der Waals surface area contributed by atoms with Gasteiger partial charge in [0.2, 0.25) is 10.0 Å². The number of amides is 1. The minimum absolute atomic E-state index is 0.0298. The van der Waals surface area contributed by atoms with Crippen LogP contribution in [0.25, 0.3) is 0 Å². The van der Waals surface area contributed by atoms with Crippen molar-refractivity contribution >= 4 is 15.9 Å². The molecule has 1 aliphatic heterocycles. The lowest BCUT2D eigenvalue weighted by Gasteiger charge is -2.28. The smallest absolute Gasteiger partial charge is 0.254 e. The van der Waals surface area contributed by atoms with Crippen LogP contribution in [-0.4, -0.2) is 43.7 Å². The van der Waals surface area contributed by atoms with Crippen LogP contribution in [0.15, 0.2) is 47.4 Å². The van der Waals surface area contributed by atoms with E-state index in [0.29, 0.717) is 24.2 Å². The Kier molecular flexibility index (Phi) is 5.49. The Morgan fingerprint density at radius 1 is 1.07 bits per heavy atom. The fraction of sp³-hybridized carbons (Fsp3) is 0.435. The normalized spacial score (nSPS) is 19.7. The minimum Gasteiger partial charge on any atom is -0.335 e. The Balaban J connectivity index is 1.62. The van der Waals surface area contributed by atoms with Gasteiger partial charge in [-0.05, 0) is 61.4 Å². The maximum absolute atomic E-state index is 13.2. The quantitative estimate of drug-likeness (QED) is 0.765. The SMILES string of the molecule is Cc1ccc(C(=O)N(C)[C@@H]2CCc3ccccc32)cc1S(=O)(=O)N1CCCCC1. The summed E-state index contributed by atoms with van der Waals surface area (Å²) in [5.74, 6) is -0.137. The van der Waals surface area contributed by atoms with Gasteiger partial charge in [0.05, 0.1) is 10.9 Å². The molecule has 4 rings (SSSR count). The molecule has 0 saturated carbocycles. The fourth-order valence-corrected chi connectivity index (χ4v) is 6.31. The van der Waals surface area contributed by atoms with Gasteiger partial charge in [-0.1, -0.05) is 36.8 Å². The Morgan fingerprint density at radius 3 is 2.55 bits per heavy atom. The summed E-state index contributed by atoms with van der Waals surface area (Å²) in [7, 11) is -1.77. The van der Waals surface area contributed by atoms with Crippen molar-refractivity contribution in [3.05, 3.63) is 64.7 Å². The third kappa shape index (κ3) is 3.71. The van der Waals surface area contributed by atoms with Gasteiger partial charge in [0.15, 0.2) is 0 Å². The van der Waals surface area contributed by atoms with Crippen LogP contribution in [0.4, 0.5) is 0 Å². The van der Waals surface area contributed by atoms with Crippen LogP contribution in [0.1, 0.15) is 58.8 Å². The van der Waals surface area contributed by atoms with E-state index in [-0.39, 0.29) is 16.8 Å². The Hall–Kier alpha value is -2.18. The summed E-state index contributed by atoms with van der Waals surface area (Å²) >= 11 is 0. The van der Waals surface area contributed by atoms with Crippen molar-refractivity contribution in [2.75, 3.05) is 20.1 Å². The topological polar surface area (TPSA) is 57.7 Å². The molecule has 5 nitrogen and oxygen atoms in total. The van der Waals surface area contributed by atoms with Crippen molar-refractivity contribution in [1.82, 2.24) is 9.21 Å². The van der Waals surface area contributed by atoms with E-state index < -0.39 is 10.0 Å². The summed E-state index contributed by atoms with van der Waals surface area (Å²) in [6.07, 6.45) is 4.70. The third-order valence-corrected chi connectivity index (χ3v) is 8.30. The zero-order valence-corrected chi connectivity index (χ0v) is 17.9. The molecule has 0 radical (unpaired) electrons. The van der Waals surface area contributed by atoms with Gasteiger partial charge in [-0.25, -0.2) is 8.42 Å². The van der Waals surface area contributed by atoms with Crippen LogP contribution in [0.2, 0.25) is 0 Å². The zero-order valence-electron chi connectivity index (χ0n) is 17.1. The predicted molar refractivity (Wildman–Crippen MR) is 113 cm³/mol. The first kappa shape index (κ1) is 20.1. The summed E-state index contributed by atoms with van der Waals surface area (Å²) < 4.78 is 27.9. The first-order valence-electron chi connectivity index (χ1n) is 10.4. The second-order valence-electron chi connectivity index (χ2n) is 8.11. The van der Waals surface area contributed by atoms with Crippen molar-refractivity contribution in [2.24, 2.45) is 0 Å². The number of hydrogen-bond acceptors (Lipinski definition) is 3. The standard InChI is InChI=1S/C23H28N2O3S/c1-17-10-11-19(16-22(17)29(27,28)25-14-6-3-7-15-25)23(26)24(2)21-13-12-18-8-4-5-9-20(18)21/h4-5,8-11,16,21H,3,6-7,12-15H2,1-2H3/t21-/m1/s1. The molecular weight excluding hydrogens is 384 g/mol. The molecule has 1 saturated heterocycles. The molecule has 154 valence electrons. The van der Waals surface area contributed by atoms with Crippen molar-refractivity contribution in [3.8, 4) is 0 Å². The van der Waals surface area contributed by atoms with Crippen molar-refractivity contribution in [2.45, 2.75) is 50.0 Å². The lowest BCUT2D eigenvalue weighted by atomic mass is 10.1. The van der Waals surface area contributed by atoms with Crippen molar-refractivity contribution in [3.63, 3.8) is 0 Å². The van der Waals surface area contributed by atoms with Crippen LogP contribution in [-0.2, 0) is 16.4 Å². The highest BCUT2D eigenvalue weighted by molar-refractivity contribution is 7.89. The van der Waals surface area contributed by atoms with E-state index in [9.17, 15) is 13.2 Å². The van der Waals surface area contributed by atoms with Crippen LogP contribution in [0, 0.1) is 6.92 Å². The highest BCUT2D eigenvalue weighted by atomic mass is 32.2. The average Bonchev–Trinajstić information content (AvgIpc) is 3.17. The molecule has 2 aromatic rings. The van der Waals surface area contributed by atoms with Crippen molar-refractivity contribution < 1.29 is 13.2 Å². The second kappa shape index (κ2) is 7.92. The number of benzene rings is 2. The summed E-state index contributed by atoms with van der Waals surface area (Å²) in [5, 5.41) is 0. The van der Waals surface area contributed by atoms with E-state index in [4.69, 9.17) is 0 Å². The van der Waals surface area contributed by atoms with Crippen molar-refractivity contribution in [1.29, 1.82) is 0 Å². The number of aryl methyl sites for hydroxylation is 2. The summed E-state index contributed by atoms with van der Waals surface area (Å²) in [5.41, 5.74) is 3.59. The number of piperidine rings is 1. The van der Waals surface area contributed by atoms with Crippen LogP contribution in [0.5, 0.6) is 0 Å². The molecule has 29 heavy (non-hydrogen) atoms. The van der Waals surface area contributed by atoms with Crippen LogP contribution < -0.4 is 0 Å². The highest BCUT2D eigenvalue weighted by Gasteiger charge is 2.31. The number of fused-ring (bicyclic) bond motifs is 1. The maximum Gasteiger partial charge on any atom is 0.254 e. The number of hydrogen-bond donors (Lipinski definition) is 0. The molecule has 1 amide bonds. The molecule has 2 aliphatic rings. The predicted octanol–water partition coefficient (Wildman–Crippen LogP) is 3.93. The van der Waals surface area contributed by atoms with Gasteiger partial charge >= 0.3 is 0 Å². The molecule has 1 heterocycles. The lowest BCUT2D eigenvalue weighted by Crippen LogP contribution is -2.36. The summed E-state index contributed by atoms with van der Waals surface area (Å²) in [6, 6.07) is 13.3. The number of carbonyl (C=O) groups excluding carboxylic acids is 1. The molecule has 1 atom stereocenters. The molecule has 0 N–H and O–H groups in total. The van der Waals surface area contributed by atoms with Gasteiger partial charge in [0.1, 0.15) is 0 Å². The number of carbonyl (C=O) groups is 1. The molecule has 1 fully saturated rings. The Morgan fingerprint density at radius 2 is 1.79 bits per heavy atom. The third-order valence-electron chi connectivity index (χ3n) is 6.26. The maximum atomic E-state index is 13.2. The van der Waals surface area contributed by atoms with E-state index in [0.717, 1.165) is 32.1 Å². The highest BCUT2D eigenvalue weighted by Crippen LogP contribution is 2.35. The zero-order chi connectivity index (χ0) is 20.6. The molecule has 2 aromatic carbocycles. The molecule has 0 aromatic heterocycles. The Bertz CT molecular complexity index is 1030. The average molecular weight is 413 g/mol. The molecule has 0 unspecified atom stereocenters. The van der Waals surface area contributed by atoms with E-state index >= 15 is 0 Å². The fourth-order valence-electron chi connectivity index (χ4n) is 4.54. The monoisotopic (exact) mass is 412 g/mol. The van der Waals surface area contributed by atoms with Crippen LogP contribution >= 0.6 is 0 Å². The molecular formula is C23H28N2O3S. The molecule has 0 bridgehead atoms. The molecule has 0 spiro atoms. The Labute approximate surface area is 173 Å². The first-order chi connectivity index (χ1) is 13.9. The van der Waals surface area contributed by atoms with Gasteiger partial charge in [-0.3, -0.25) is 4.79 Å². The number of rotatable bonds is 4. The largest absolute Gasteiger partial charge is 0.335 e. The van der Waals surface area contributed by atoms with Gasteiger partial charge in [0, 0.05) is 25.7 Å². The van der Waals surface area contributed by atoms with Crippen LogP contribution in [0.3, 0.4) is 0 Å². The van der Waals surface area contributed by atoms with E-state index in [1.807, 2.05) is 19.2 Å². The second-order valence-corrected chi connectivity index (χ2v) is 10.0. The summed E-state index contributed by atoms with van der Waals surface area (Å²) in [4.78, 5) is 15.2. The first-order valence-corrected chi connectivity index (χ1v) is 11.8. The van der Waals surface area contributed by atoms with Gasteiger partial charge in [-0.2, -0.15) is 4.31 Å². The minimum atomic E-state index is -3.58. The van der Waals surface area contributed by atoms with E-state index in [1.54, 1.807) is 34.3 Å². The summed E-state index contributed by atoms with van der Waals surface area (Å²) in [6.45, 7) is 2.90. The van der Waals surface area contributed by atoms with Gasteiger partial charge in [0.25, 0.3) is 5.91 Å². The van der Waals surface area contributed by atoms with E-state index in [2.05, 4.69) is 12.1 Å². The lowest BCUT2D eigenvalue weighted by molar-refractivity contribution is 0.0730. The van der Waals surface area contributed by atoms with Gasteiger partial charge < -0.3 is 4.90 Å². The molecule has 6 heteroatoms.